The van der Waals surface area contributed by atoms with E-state index in [1.807, 2.05) is 32.0 Å². The number of amides is 1. The van der Waals surface area contributed by atoms with Gasteiger partial charge in [-0.25, -0.2) is 8.42 Å². The van der Waals surface area contributed by atoms with E-state index in [-0.39, 0.29) is 21.6 Å². The number of sulfone groups is 1. The normalized spacial score (nSPS) is 11.6. The highest BCUT2D eigenvalue weighted by atomic mass is 32.2. The first-order valence-corrected chi connectivity index (χ1v) is 11.9. The third-order valence-electron chi connectivity index (χ3n) is 5.42. The highest BCUT2D eigenvalue weighted by molar-refractivity contribution is 7.91. The van der Waals surface area contributed by atoms with Crippen molar-refractivity contribution in [2.45, 2.75) is 36.1 Å². The van der Waals surface area contributed by atoms with Crippen LogP contribution in [0.1, 0.15) is 41.3 Å². The van der Waals surface area contributed by atoms with Crippen molar-refractivity contribution >= 4 is 26.5 Å². The predicted molar refractivity (Wildman–Crippen MR) is 125 cm³/mol. The highest BCUT2D eigenvalue weighted by Crippen LogP contribution is 2.24. The van der Waals surface area contributed by atoms with Crippen LogP contribution >= 0.6 is 0 Å². The third kappa shape index (κ3) is 4.55. The van der Waals surface area contributed by atoms with E-state index in [9.17, 15) is 13.2 Å². The summed E-state index contributed by atoms with van der Waals surface area (Å²) in [6.45, 7) is 4.36. The van der Waals surface area contributed by atoms with Crippen LogP contribution in [-0.2, 0) is 16.4 Å². The summed E-state index contributed by atoms with van der Waals surface area (Å²) in [5, 5.41) is 4.80. The largest absolute Gasteiger partial charge is 0.348 e. The number of nitrogens with one attached hydrogen (secondary N) is 1. The van der Waals surface area contributed by atoms with Gasteiger partial charge in [0.05, 0.1) is 9.79 Å². The van der Waals surface area contributed by atoms with Crippen molar-refractivity contribution in [2.75, 3.05) is 0 Å². The average molecular weight is 445 g/mol. The zero-order valence-electron chi connectivity index (χ0n) is 17.9. The van der Waals surface area contributed by atoms with Crippen molar-refractivity contribution in [1.82, 2.24) is 10.3 Å². The summed E-state index contributed by atoms with van der Waals surface area (Å²) in [6, 6.07) is 21.0. The fourth-order valence-corrected chi connectivity index (χ4v) is 4.79. The Morgan fingerprint density at radius 3 is 2.44 bits per heavy atom. The van der Waals surface area contributed by atoms with Crippen LogP contribution in [-0.4, -0.2) is 19.3 Å². The van der Waals surface area contributed by atoms with E-state index in [0.29, 0.717) is 12.1 Å². The van der Waals surface area contributed by atoms with E-state index in [0.717, 1.165) is 21.9 Å². The van der Waals surface area contributed by atoms with Gasteiger partial charge in [-0.2, -0.15) is 0 Å². The molecule has 32 heavy (non-hydrogen) atoms. The molecule has 0 aliphatic rings. The summed E-state index contributed by atoms with van der Waals surface area (Å²) >= 11 is 0. The van der Waals surface area contributed by atoms with Crippen molar-refractivity contribution in [3.63, 3.8) is 0 Å². The number of benzene rings is 3. The van der Waals surface area contributed by atoms with Crippen LogP contribution in [0.3, 0.4) is 0 Å². The Bertz CT molecular complexity index is 1380. The molecule has 0 aliphatic carbocycles. The Labute approximate surface area is 188 Å². The number of rotatable bonds is 6. The van der Waals surface area contributed by atoms with Crippen LogP contribution in [0, 0.1) is 0 Å². The number of carbonyl (C=O) groups is 1. The molecule has 0 radical (unpaired) electrons. The van der Waals surface area contributed by atoms with Crippen LogP contribution < -0.4 is 5.32 Å². The van der Waals surface area contributed by atoms with Gasteiger partial charge in [0, 0.05) is 29.9 Å². The minimum atomic E-state index is -3.60. The van der Waals surface area contributed by atoms with Gasteiger partial charge >= 0.3 is 0 Å². The average Bonchev–Trinajstić information content (AvgIpc) is 2.82. The van der Waals surface area contributed by atoms with Gasteiger partial charge in [0.1, 0.15) is 0 Å². The van der Waals surface area contributed by atoms with E-state index in [4.69, 9.17) is 0 Å². The lowest BCUT2D eigenvalue weighted by atomic mass is 10.0. The van der Waals surface area contributed by atoms with Crippen molar-refractivity contribution in [3.8, 4) is 0 Å². The Morgan fingerprint density at radius 2 is 1.69 bits per heavy atom. The smallest absolute Gasteiger partial charge is 0.251 e. The van der Waals surface area contributed by atoms with Crippen LogP contribution in [0.4, 0.5) is 0 Å². The molecule has 4 aromatic rings. The lowest BCUT2D eigenvalue weighted by Crippen LogP contribution is -2.22. The maximum atomic E-state index is 13.0. The molecule has 4 rings (SSSR count). The second kappa shape index (κ2) is 8.93. The zero-order valence-corrected chi connectivity index (χ0v) is 18.8. The van der Waals surface area contributed by atoms with Gasteiger partial charge in [0.25, 0.3) is 5.91 Å². The first-order valence-electron chi connectivity index (χ1n) is 10.4. The Morgan fingerprint density at radius 1 is 0.906 bits per heavy atom. The molecule has 0 saturated heterocycles. The molecule has 3 aromatic carbocycles. The van der Waals surface area contributed by atoms with Gasteiger partial charge < -0.3 is 5.32 Å². The summed E-state index contributed by atoms with van der Waals surface area (Å²) < 4.78 is 26.0. The first-order chi connectivity index (χ1) is 15.3. The second-order valence-electron chi connectivity index (χ2n) is 7.99. The van der Waals surface area contributed by atoms with Crippen molar-refractivity contribution in [1.29, 1.82) is 0 Å². The molecule has 162 valence electrons. The molecule has 0 saturated carbocycles. The molecule has 1 N–H and O–H groups in total. The lowest BCUT2D eigenvalue weighted by Gasteiger charge is -2.10. The summed E-state index contributed by atoms with van der Waals surface area (Å²) in [5.74, 6) is 0.0490. The molecule has 1 heterocycles. The van der Waals surface area contributed by atoms with Crippen LogP contribution in [0.2, 0.25) is 0 Å². The fourth-order valence-electron chi connectivity index (χ4n) is 3.47. The molecule has 0 aliphatic heterocycles. The minimum absolute atomic E-state index is 0.196. The topological polar surface area (TPSA) is 76.1 Å². The maximum absolute atomic E-state index is 13.0. The van der Waals surface area contributed by atoms with E-state index < -0.39 is 9.84 Å². The summed E-state index contributed by atoms with van der Waals surface area (Å²) in [7, 11) is -3.60. The molecule has 0 spiro atoms. The number of pyridine rings is 1. The number of nitrogens with zero attached hydrogens (tertiary/aromatic N) is 1. The van der Waals surface area contributed by atoms with Gasteiger partial charge in [-0.3, -0.25) is 9.78 Å². The van der Waals surface area contributed by atoms with Gasteiger partial charge in [0.15, 0.2) is 0 Å². The van der Waals surface area contributed by atoms with Crippen LogP contribution in [0.25, 0.3) is 10.8 Å². The van der Waals surface area contributed by atoms with Gasteiger partial charge in [-0.1, -0.05) is 44.2 Å². The molecular formula is C26H24N2O3S. The summed E-state index contributed by atoms with van der Waals surface area (Å²) in [6.07, 6.45) is 3.44. The minimum Gasteiger partial charge on any atom is -0.348 e. The number of carbonyl (C=O) groups excluding carboxylic acids is 1. The lowest BCUT2D eigenvalue weighted by molar-refractivity contribution is 0.0951. The second-order valence-corrected chi connectivity index (χ2v) is 9.94. The molecule has 1 amide bonds. The zero-order chi connectivity index (χ0) is 22.7. The van der Waals surface area contributed by atoms with E-state index in [2.05, 4.69) is 10.3 Å². The van der Waals surface area contributed by atoms with Crippen LogP contribution in [0.5, 0.6) is 0 Å². The standard InChI is InChI=1S/C26H24N2O3S/c1-18(2)21-4-3-5-25(15-21)32(30,31)24-10-6-19(7-11-24)16-28-26(29)22-9-8-20-12-13-27-17-23(20)14-22/h3-15,17-18H,16H2,1-2H3,(H,28,29). The fraction of sp³-hybridized carbons (Fsp3) is 0.154. The van der Waals surface area contributed by atoms with Crippen molar-refractivity contribution < 1.29 is 13.2 Å². The Kier molecular flexibility index (Phi) is 6.06. The number of fused-ring (bicyclic) bond motifs is 1. The SMILES string of the molecule is CC(C)c1cccc(S(=O)(=O)c2ccc(CNC(=O)c3ccc4ccncc4c3)cc2)c1. The van der Waals surface area contributed by atoms with Gasteiger partial charge in [-0.15, -0.1) is 0 Å². The van der Waals surface area contributed by atoms with Crippen molar-refractivity contribution in [3.05, 3.63) is 102 Å². The Hall–Kier alpha value is -3.51. The molecule has 0 fully saturated rings. The molecule has 5 nitrogen and oxygen atoms in total. The van der Waals surface area contributed by atoms with E-state index >= 15 is 0 Å². The molecule has 0 unspecified atom stereocenters. The molecule has 0 atom stereocenters. The molecular weight excluding hydrogens is 420 g/mol. The third-order valence-corrected chi connectivity index (χ3v) is 7.19. The summed E-state index contributed by atoms with van der Waals surface area (Å²) in [4.78, 5) is 17.1. The van der Waals surface area contributed by atoms with E-state index in [1.54, 1.807) is 67.0 Å². The predicted octanol–water partition coefficient (Wildman–Crippen LogP) is 5.12. The molecule has 6 heteroatoms. The van der Waals surface area contributed by atoms with Crippen LogP contribution in [0.15, 0.2) is 95.0 Å². The number of hydrogen-bond donors (Lipinski definition) is 1. The number of hydrogen-bond acceptors (Lipinski definition) is 4. The van der Waals surface area contributed by atoms with Gasteiger partial charge in [-0.05, 0) is 64.9 Å². The maximum Gasteiger partial charge on any atom is 0.251 e. The van der Waals surface area contributed by atoms with E-state index in [1.165, 1.54) is 0 Å². The Balaban J connectivity index is 1.46. The highest BCUT2D eigenvalue weighted by Gasteiger charge is 2.18. The first kappa shape index (κ1) is 21.7. The monoisotopic (exact) mass is 444 g/mol. The quantitative estimate of drug-likeness (QED) is 0.448. The molecule has 1 aromatic heterocycles. The van der Waals surface area contributed by atoms with Crippen molar-refractivity contribution in [2.24, 2.45) is 0 Å². The number of aromatic nitrogens is 1. The summed E-state index contributed by atoms with van der Waals surface area (Å²) in [5.41, 5.74) is 2.35. The van der Waals surface area contributed by atoms with Gasteiger partial charge in [0.2, 0.25) is 9.84 Å². The molecule has 0 bridgehead atoms.